The Morgan fingerprint density at radius 1 is 1.33 bits per heavy atom. The topological polar surface area (TPSA) is 46.5 Å². The van der Waals surface area contributed by atoms with Crippen LogP contribution in [0.5, 0.6) is 5.75 Å². The van der Waals surface area contributed by atoms with E-state index in [1.54, 1.807) is 24.3 Å². The summed E-state index contributed by atoms with van der Waals surface area (Å²) in [6.07, 6.45) is 2.05. The minimum absolute atomic E-state index is 0.557. The lowest BCUT2D eigenvalue weighted by Gasteiger charge is -2.37. The molecule has 1 saturated carbocycles. The van der Waals surface area contributed by atoms with Gasteiger partial charge in [0.25, 0.3) is 0 Å². The summed E-state index contributed by atoms with van der Waals surface area (Å²) < 4.78 is 5.50. The Morgan fingerprint density at radius 3 is 2.33 bits per heavy atom. The van der Waals surface area contributed by atoms with Crippen LogP contribution in [0.1, 0.15) is 19.3 Å². The van der Waals surface area contributed by atoms with E-state index in [1.165, 1.54) is 0 Å². The van der Waals surface area contributed by atoms with Gasteiger partial charge in [-0.25, -0.2) is 4.79 Å². The zero-order valence-electron chi connectivity index (χ0n) is 8.07. The summed E-state index contributed by atoms with van der Waals surface area (Å²) in [5, 5.41) is 9.66. The van der Waals surface area contributed by atoms with E-state index in [9.17, 15) is 4.79 Å². The number of rotatable bonds is 3. The average Bonchev–Trinajstić information content (AvgIpc) is 2.13. The van der Waals surface area contributed by atoms with E-state index in [4.69, 9.17) is 21.4 Å². The third kappa shape index (κ3) is 1.92. The van der Waals surface area contributed by atoms with Crippen molar-refractivity contribution in [2.75, 3.05) is 0 Å². The minimum atomic E-state index is -1.01. The molecule has 0 radical (unpaired) electrons. The Kier molecular flexibility index (Phi) is 2.57. The van der Waals surface area contributed by atoms with Crippen LogP contribution in [-0.2, 0) is 4.79 Å². The monoisotopic (exact) mass is 226 g/mol. The number of benzene rings is 1. The third-order valence-corrected chi connectivity index (χ3v) is 2.93. The smallest absolute Gasteiger partial charge is 0.348 e. The van der Waals surface area contributed by atoms with Crippen molar-refractivity contribution in [3.8, 4) is 5.75 Å². The Balaban J connectivity index is 2.13. The average molecular weight is 227 g/mol. The lowest BCUT2D eigenvalue weighted by molar-refractivity contribution is -0.163. The van der Waals surface area contributed by atoms with E-state index >= 15 is 0 Å². The molecule has 0 unspecified atom stereocenters. The van der Waals surface area contributed by atoms with Crippen LogP contribution in [-0.4, -0.2) is 16.7 Å². The number of carboxylic acid groups (broad SMARTS) is 1. The first kappa shape index (κ1) is 10.3. The summed E-state index contributed by atoms with van der Waals surface area (Å²) >= 11 is 5.72. The highest BCUT2D eigenvalue weighted by Gasteiger charge is 2.47. The molecule has 0 saturated heterocycles. The van der Waals surface area contributed by atoms with Crippen molar-refractivity contribution < 1.29 is 14.6 Å². The van der Waals surface area contributed by atoms with E-state index in [-0.39, 0.29) is 0 Å². The molecular formula is C11H11ClO3. The van der Waals surface area contributed by atoms with E-state index < -0.39 is 11.6 Å². The van der Waals surface area contributed by atoms with Crippen LogP contribution in [0.25, 0.3) is 0 Å². The van der Waals surface area contributed by atoms with E-state index in [2.05, 4.69) is 0 Å². The van der Waals surface area contributed by atoms with Crippen molar-refractivity contribution in [2.45, 2.75) is 24.9 Å². The van der Waals surface area contributed by atoms with E-state index in [0.29, 0.717) is 23.6 Å². The van der Waals surface area contributed by atoms with Crippen LogP contribution in [0.4, 0.5) is 0 Å². The zero-order chi connectivity index (χ0) is 10.9. The summed E-state index contributed by atoms with van der Waals surface area (Å²) in [5.41, 5.74) is -1.01. The second-order valence-electron chi connectivity index (χ2n) is 3.71. The number of halogens is 1. The number of hydrogen-bond donors (Lipinski definition) is 1. The van der Waals surface area contributed by atoms with Gasteiger partial charge in [-0.15, -0.1) is 0 Å². The van der Waals surface area contributed by atoms with Gasteiger partial charge in [-0.1, -0.05) is 11.6 Å². The molecule has 1 aromatic carbocycles. The highest BCUT2D eigenvalue weighted by atomic mass is 35.5. The van der Waals surface area contributed by atoms with Crippen molar-refractivity contribution in [3.63, 3.8) is 0 Å². The molecule has 0 heterocycles. The van der Waals surface area contributed by atoms with E-state index in [1.807, 2.05) is 0 Å². The van der Waals surface area contributed by atoms with Crippen LogP contribution in [0.3, 0.4) is 0 Å². The van der Waals surface area contributed by atoms with Gasteiger partial charge in [-0.2, -0.15) is 0 Å². The van der Waals surface area contributed by atoms with Crippen LogP contribution in [0.15, 0.2) is 24.3 Å². The van der Waals surface area contributed by atoms with Crippen LogP contribution < -0.4 is 4.74 Å². The van der Waals surface area contributed by atoms with Gasteiger partial charge >= 0.3 is 5.97 Å². The molecule has 1 aliphatic carbocycles. The molecule has 3 nitrogen and oxygen atoms in total. The normalized spacial score (nSPS) is 17.9. The van der Waals surface area contributed by atoms with Gasteiger partial charge in [-0.3, -0.25) is 0 Å². The quantitative estimate of drug-likeness (QED) is 0.862. The van der Waals surface area contributed by atoms with Gasteiger partial charge in [0.1, 0.15) is 5.75 Å². The fraction of sp³-hybridized carbons (Fsp3) is 0.364. The first-order valence-electron chi connectivity index (χ1n) is 4.80. The van der Waals surface area contributed by atoms with Gasteiger partial charge in [-0.05, 0) is 43.5 Å². The summed E-state index contributed by atoms with van der Waals surface area (Å²) in [6.45, 7) is 0. The fourth-order valence-electron chi connectivity index (χ4n) is 1.59. The lowest BCUT2D eigenvalue weighted by Crippen LogP contribution is -2.50. The lowest BCUT2D eigenvalue weighted by atomic mass is 9.80. The van der Waals surface area contributed by atoms with Gasteiger partial charge in [0.2, 0.25) is 5.60 Å². The van der Waals surface area contributed by atoms with Gasteiger partial charge in [0.05, 0.1) is 0 Å². The van der Waals surface area contributed by atoms with Gasteiger partial charge in [0, 0.05) is 5.02 Å². The molecule has 1 fully saturated rings. The number of carbonyl (C=O) groups is 1. The van der Waals surface area contributed by atoms with Gasteiger partial charge < -0.3 is 9.84 Å². The van der Waals surface area contributed by atoms with Crippen molar-refractivity contribution in [1.29, 1.82) is 0 Å². The van der Waals surface area contributed by atoms with Crippen LogP contribution >= 0.6 is 11.6 Å². The van der Waals surface area contributed by atoms with Gasteiger partial charge in [0.15, 0.2) is 0 Å². The van der Waals surface area contributed by atoms with Crippen molar-refractivity contribution in [3.05, 3.63) is 29.3 Å². The van der Waals surface area contributed by atoms with Crippen molar-refractivity contribution >= 4 is 17.6 Å². The standard InChI is InChI=1S/C11H11ClO3/c12-8-2-4-9(5-3-8)15-11(10(13)14)6-1-7-11/h2-5H,1,6-7H2,(H,13,14). The largest absolute Gasteiger partial charge is 0.478 e. The Labute approximate surface area is 92.6 Å². The first-order valence-corrected chi connectivity index (χ1v) is 5.18. The second-order valence-corrected chi connectivity index (χ2v) is 4.15. The molecule has 4 heteroatoms. The molecule has 0 aliphatic heterocycles. The summed E-state index contributed by atoms with van der Waals surface area (Å²) in [5.74, 6) is -0.329. The maximum absolute atomic E-state index is 11.0. The third-order valence-electron chi connectivity index (χ3n) is 2.68. The van der Waals surface area contributed by atoms with Crippen LogP contribution in [0, 0.1) is 0 Å². The fourth-order valence-corrected chi connectivity index (χ4v) is 1.71. The molecule has 0 amide bonds. The second kappa shape index (κ2) is 3.74. The molecular weight excluding hydrogens is 216 g/mol. The number of hydrogen-bond acceptors (Lipinski definition) is 2. The minimum Gasteiger partial charge on any atom is -0.478 e. The molecule has 0 atom stereocenters. The van der Waals surface area contributed by atoms with Crippen molar-refractivity contribution in [1.82, 2.24) is 0 Å². The molecule has 15 heavy (non-hydrogen) atoms. The maximum Gasteiger partial charge on any atom is 0.348 e. The molecule has 0 spiro atoms. The Bertz CT molecular complexity index is 368. The molecule has 1 N–H and O–H groups in total. The molecule has 80 valence electrons. The van der Waals surface area contributed by atoms with Crippen LogP contribution in [0.2, 0.25) is 5.02 Å². The number of aliphatic carboxylic acids is 1. The number of carboxylic acids is 1. The molecule has 1 aliphatic rings. The zero-order valence-corrected chi connectivity index (χ0v) is 8.83. The molecule has 0 aromatic heterocycles. The summed E-state index contributed by atoms with van der Waals surface area (Å²) in [4.78, 5) is 11.0. The highest BCUT2D eigenvalue weighted by molar-refractivity contribution is 6.30. The molecule has 1 aromatic rings. The highest BCUT2D eigenvalue weighted by Crippen LogP contribution is 2.37. The summed E-state index contributed by atoms with van der Waals surface area (Å²) in [7, 11) is 0. The predicted octanol–water partition coefficient (Wildman–Crippen LogP) is 2.73. The molecule has 0 bridgehead atoms. The SMILES string of the molecule is O=C(O)C1(Oc2ccc(Cl)cc2)CCC1. The number of ether oxygens (including phenoxy) is 1. The Morgan fingerprint density at radius 2 is 1.93 bits per heavy atom. The Hall–Kier alpha value is -1.22. The predicted molar refractivity (Wildman–Crippen MR) is 56.3 cm³/mol. The van der Waals surface area contributed by atoms with E-state index in [0.717, 1.165) is 6.42 Å². The van der Waals surface area contributed by atoms with Crippen molar-refractivity contribution in [2.24, 2.45) is 0 Å². The molecule has 2 rings (SSSR count). The maximum atomic E-state index is 11.0. The first-order chi connectivity index (χ1) is 7.12. The summed E-state index contributed by atoms with van der Waals surface area (Å²) in [6, 6.07) is 6.74.